The minimum atomic E-state index is 0.111. The van der Waals surface area contributed by atoms with E-state index in [4.69, 9.17) is 0 Å². The van der Waals surface area contributed by atoms with Crippen molar-refractivity contribution in [2.45, 2.75) is 32.6 Å². The van der Waals surface area contributed by atoms with Crippen molar-refractivity contribution >= 4 is 11.7 Å². The lowest BCUT2D eigenvalue weighted by molar-refractivity contribution is -0.117. The molecule has 0 saturated heterocycles. The fourth-order valence-corrected chi connectivity index (χ4v) is 1.39. The molecule has 0 spiro atoms. The Morgan fingerprint density at radius 2 is 2.20 bits per heavy atom. The second-order valence-electron chi connectivity index (χ2n) is 4.39. The van der Waals surface area contributed by atoms with Crippen LogP contribution in [0.4, 0.5) is 5.82 Å². The smallest absolute Gasteiger partial charge is 0.228 e. The predicted molar refractivity (Wildman–Crippen MR) is 59.7 cm³/mol. The van der Waals surface area contributed by atoms with Crippen LogP contribution in [0.15, 0.2) is 18.3 Å². The van der Waals surface area contributed by atoms with Gasteiger partial charge in [-0.15, -0.1) is 0 Å². The Bertz CT molecular complexity index is 352. The maximum absolute atomic E-state index is 11.4. The number of hydrogen-bond donors (Lipinski definition) is 1. The number of anilines is 1. The van der Waals surface area contributed by atoms with E-state index in [1.165, 1.54) is 5.56 Å². The molecule has 0 aliphatic heterocycles. The van der Waals surface area contributed by atoms with Crippen LogP contribution in [0.2, 0.25) is 0 Å². The van der Waals surface area contributed by atoms with Crippen molar-refractivity contribution in [1.29, 1.82) is 0 Å². The van der Waals surface area contributed by atoms with Crippen molar-refractivity contribution in [1.82, 2.24) is 4.98 Å². The van der Waals surface area contributed by atoms with E-state index in [-0.39, 0.29) is 11.8 Å². The number of nitrogens with zero attached hydrogens (tertiary/aromatic N) is 1. The minimum Gasteiger partial charge on any atom is -0.310 e. The van der Waals surface area contributed by atoms with Gasteiger partial charge in [0, 0.05) is 12.1 Å². The molecular formula is C12H16N2O. The van der Waals surface area contributed by atoms with Crippen LogP contribution >= 0.6 is 0 Å². The van der Waals surface area contributed by atoms with Gasteiger partial charge in [-0.3, -0.25) is 4.79 Å². The first-order valence-electron chi connectivity index (χ1n) is 5.43. The summed E-state index contributed by atoms with van der Waals surface area (Å²) in [5, 5.41) is 2.82. The van der Waals surface area contributed by atoms with Gasteiger partial charge >= 0.3 is 0 Å². The van der Waals surface area contributed by atoms with Gasteiger partial charge in [0.15, 0.2) is 0 Å². The van der Waals surface area contributed by atoms with Gasteiger partial charge in [-0.05, 0) is 30.4 Å². The number of pyridine rings is 1. The Morgan fingerprint density at radius 3 is 2.67 bits per heavy atom. The summed E-state index contributed by atoms with van der Waals surface area (Å²) in [5.74, 6) is 1.48. The molecule has 80 valence electrons. The number of carbonyl (C=O) groups is 1. The number of hydrogen-bond acceptors (Lipinski definition) is 2. The summed E-state index contributed by atoms with van der Waals surface area (Å²) in [6, 6.07) is 3.88. The highest BCUT2D eigenvalue weighted by Gasteiger charge is 2.29. The molecule has 2 rings (SSSR count). The van der Waals surface area contributed by atoms with Gasteiger partial charge in [0.25, 0.3) is 0 Å². The molecule has 3 heteroatoms. The third-order valence-corrected chi connectivity index (χ3v) is 2.65. The van der Waals surface area contributed by atoms with Gasteiger partial charge in [-0.2, -0.15) is 0 Å². The summed E-state index contributed by atoms with van der Waals surface area (Å²) in [6.07, 6.45) is 3.87. The second-order valence-corrected chi connectivity index (χ2v) is 4.39. The molecule has 0 aromatic carbocycles. The van der Waals surface area contributed by atoms with Gasteiger partial charge in [0.1, 0.15) is 5.82 Å². The summed E-state index contributed by atoms with van der Waals surface area (Å²) in [5.41, 5.74) is 1.19. The van der Waals surface area contributed by atoms with Crippen molar-refractivity contribution in [2.75, 3.05) is 5.32 Å². The Kier molecular flexibility index (Phi) is 2.71. The number of aromatic nitrogens is 1. The Morgan fingerprint density at radius 1 is 1.47 bits per heavy atom. The van der Waals surface area contributed by atoms with Crippen LogP contribution in [0.1, 0.15) is 38.2 Å². The van der Waals surface area contributed by atoms with E-state index in [1.54, 1.807) is 0 Å². The first-order chi connectivity index (χ1) is 7.16. The molecule has 1 fully saturated rings. The van der Waals surface area contributed by atoms with E-state index >= 15 is 0 Å². The van der Waals surface area contributed by atoms with Gasteiger partial charge < -0.3 is 5.32 Å². The highest BCUT2D eigenvalue weighted by Crippen LogP contribution is 2.29. The molecule has 3 nitrogen and oxygen atoms in total. The molecule has 1 aliphatic carbocycles. The molecule has 1 N–H and O–H groups in total. The molecule has 0 radical (unpaired) electrons. The zero-order valence-corrected chi connectivity index (χ0v) is 9.16. The normalized spacial score (nSPS) is 15.4. The summed E-state index contributed by atoms with van der Waals surface area (Å²) in [4.78, 5) is 15.7. The van der Waals surface area contributed by atoms with Crippen LogP contribution in [0.5, 0.6) is 0 Å². The third kappa shape index (κ3) is 2.55. The monoisotopic (exact) mass is 204 g/mol. The zero-order valence-electron chi connectivity index (χ0n) is 9.16. The van der Waals surface area contributed by atoms with Crippen LogP contribution in [0.25, 0.3) is 0 Å². The van der Waals surface area contributed by atoms with Gasteiger partial charge in [-0.1, -0.05) is 19.9 Å². The molecule has 15 heavy (non-hydrogen) atoms. The summed E-state index contributed by atoms with van der Waals surface area (Å²) in [6.45, 7) is 4.25. The van der Waals surface area contributed by atoms with E-state index in [1.807, 2.05) is 18.3 Å². The van der Waals surface area contributed by atoms with Crippen LogP contribution in [0, 0.1) is 5.92 Å². The maximum atomic E-state index is 11.4. The minimum absolute atomic E-state index is 0.111. The molecule has 1 aromatic rings. The average molecular weight is 204 g/mol. The van der Waals surface area contributed by atoms with E-state index < -0.39 is 0 Å². The van der Waals surface area contributed by atoms with E-state index in [9.17, 15) is 4.79 Å². The lowest BCUT2D eigenvalue weighted by Crippen LogP contribution is -2.14. The molecular weight excluding hydrogens is 188 g/mol. The largest absolute Gasteiger partial charge is 0.310 e. The standard InChI is InChI=1S/C12H16N2O/c1-8(2)10-5-6-11(13-7-10)14-12(15)9-3-4-9/h5-9H,3-4H2,1-2H3,(H,13,14,15). The Balaban J connectivity index is 2.00. The van der Waals surface area contributed by atoms with Crippen molar-refractivity contribution in [3.8, 4) is 0 Å². The van der Waals surface area contributed by atoms with Gasteiger partial charge in [-0.25, -0.2) is 4.98 Å². The van der Waals surface area contributed by atoms with E-state index in [0.29, 0.717) is 11.7 Å². The molecule has 1 amide bonds. The van der Waals surface area contributed by atoms with E-state index in [2.05, 4.69) is 24.1 Å². The molecule has 0 unspecified atom stereocenters. The van der Waals surface area contributed by atoms with Gasteiger partial charge in [0.05, 0.1) is 0 Å². The average Bonchev–Trinajstić information content (AvgIpc) is 3.01. The Labute approximate surface area is 89.9 Å². The molecule has 1 heterocycles. The van der Waals surface area contributed by atoms with Crippen molar-refractivity contribution in [3.63, 3.8) is 0 Å². The van der Waals surface area contributed by atoms with Crippen molar-refractivity contribution < 1.29 is 4.79 Å². The quantitative estimate of drug-likeness (QED) is 0.822. The number of amides is 1. The zero-order chi connectivity index (χ0) is 10.8. The summed E-state index contributed by atoms with van der Waals surface area (Å²) in [7, 11) is 0. The number of carbonyl (C=O) groups excluding carboxylic acids is 1. The van der Waals surface area contributed by atoms with Crippen molar-refractivity contribution in [3.05, 3.63) is 23.9 Å². The fraction of sp³-hybridized carbons (Fsp3) is 0.500. The lowest BCUT2D eigenvalue weighted by atomic mass is 10.1. The number of rotatable bonds is 3. The molecule has 1 aromatic heterocycles. The highest BCUT2D eigenvalue weighted by atomic mass is 16.2. The fourth-order valence-electron chi connectivity index (χ4n) is 1.39. The summed E-state index contributed by atoms with van der Waals surface area (Å²) < 4.78 is 0. The molecule has 0 bridgehead atoms. The third-order valence-electron chi connectivity index (χ3n) is 2.65. The highest BCUT2D eigenvalue weighted by molar-refractivity contribution is 5.93. The number of nitrogens with one attached hydrogen (secondary N) is 1. The van der Waals surface area contributed by atoms with Crippen LogP contribution in [-0.2, 0) is 4.79 Å². The SMILES string of the molecule is CC(C)c1ccc(NC(=O)C2CC2)nc1. The lowest BCUT2D eigenvalue weighted by Gasteiger charge is -2.06. The second kappa shape index (κ2) is 4.01. The molecule has 0 atom stereocenters. The van der Waals surface area contributed by atoms with E-state index in [0.717, 1.165) is 12.8 Å². The Hall–Kier alpha value is -1.38. The summed E-state index contributed by atoms with van der Waals surface area (Å²) >= 11 is 0. The predicted octanol–water partition coefficient (Wildman–Crippen LogP) is 2.55. The topological polar surface area (TPSA) is 42.0 Å². The first-order valence-corrected chi connectivity index (χ1v) is 5.43. The van der Waals surface area contributed by atoms with Crippen molar-refractivity contribution in [2.24, 2.45) is 5.92 Å². The van der Waals surface area contributed by atoms with Crippen LogP contribution in [0.3, 0.4) is 0 Å². The molecule has 1 saturated carbocycles. The molecule has 1 aliphatic rings. The van der Waals surface area contributed by atoms with Crippen LogP contribution < -0.4 is 5.32 Å². The first kappa shape index (κ1) is 10.1. The maximum Gasteiger partial charge on any atom is 0.228 e. The van der Waals surface area contributed by atoms with Gasteiger partial charge in [0.2, 0.25) is 5.91 Å². The van der Waals surface area contributed by atoms with Crippen LogP contribution in [-0.4, -0.2) is 10.9 Å².